The average molecular weight is 176 g/mol. The summed E-state index contributed by atoms with van der Waals surface area (Å²) in [5.41, 5.74) is 0. The van der Waals surface area contributed by atoms with Crippen molar-refractivity contribution >= 4 is 0 Å². The van der Waals surface area contributed by atoms with E-state index in [9.17, 15) is 10.2 Å². The first-order chi connectivity index (χ1) is 5.70. The van der Waals surface area contributed by atoms with Crippen molar-refractivity contribution < 1.29 is 20.1 Å². The van der Waals surface area contributed by atoms with Crippen LogP contribution < -0.4 is 0 Å². The normalized spacial score (nSPS) is 42.0. The Balaban J connectivity index is 2.48. The fraction of sp³-hybridized carbons (Fsp3) is 1.00. The number of hydrogen-bond acceptors (Lipinski definition) is 4. The second kappa shape index (κ2) is 4.18. The van der Waals surface area contributed by atoms with E-state index in [4.69, 9.17) is 9.84 Å². The van der Waals surface area contributed by atoms with E-state index < -0.39 is 18.3 Å². The molecule has 0 bridgehead atoms. The second-order valence-electron chi connectivity index (χ2n) is 3.17. The molecule has 72 valence electrons. The van der Waals surface area contributed by atoms with Gasteiger partial charge in [0.2, 0.25) is 0 Å². The Bertz CT molecular complexity index is 139. The number of ether oxygens (including phenoxy) is 1. The first-order valence-electron chi connectivity index (χ1n) is 4.33. The van der Waals surface area contributed by atoms with E-state index in [1.807, 2.05) is 6.92 Å². The van der Waals surface area contributed by atoms with Crippen molar-refractivity contribution in [1.82, 2.24) is 0 Å². The standard InChI is InChI=1S/C8H16O4/c1-2-3-5-7(10)8(11)6(4-9)12-5/h5-11H,2-4H2,1H3/t5-,6+,7+,8+/m0/s1. The van der Waals surface area contributed by atoms with Crippen molar-refractivity contribution in [2.45, 2.75) is 44.2 Å². The van der Waals surface area contributed by atoms with E-state index in [2.05, 4.69) is 0 Å². The SMILES string of the molecule is CCC[C@@H]1O[C@H](CO)[C@@H](O)[C@@H]1O. The second-order valence-corrected chi connectivity index (χ2v) is 3.17. The molecule has 12 heavy (non-hydrogen) atoms. The number of hydrogen-bond donors (Lipinski definition) is 3. The largest absolute Gasteiger partial charge is 0.394 e. The van der Waals surface area contributed by atoms with Crippen LogP contribution in [-0.2, 0) is 4.74 Å². The van der Waals surface area contributed by atoms with Gasteiger partial charge >= 0.3 is 0 Å². The maximum absolute atomic E-state index is 9.40. The summed E-state index contributed by atoms with van der Waals surface area (Å²) in [4.78, 5) is 0. The zero-order chi connectivity index (χ0) is 9.14. The third-order valence-electron chi connectivity index (χ3n) is 2.21. The molecule has 0 aromatic carbocycles. The number of aliphatic hydroxyl groups excluding tert-OH is 3. The Hall–Kier alpha value is -0.160. The lowest BCUT2D eigenvalue weighted by molar-refractivity contribution is -0.0241. The topological polar surface area (TPSA) is 69.9 Å². The Kier molecular flexibility index (Phi) is 3.46. The molecule has 0 spiro atoms. The van der Waals surface area contributed by atoms with Gasteiger partial charge in [0.05, 0.1) is 12.7 Å². The Morgan fingerprint density at radius 3 is 2.17 bits per heavy atom. The van der Waals surface area contributed by atoms with Gasteiger partial charge in [0, 0.05) is 0 Å². The van der Waals surface area contributed by atoms with Crippen LogP contribution in [-0.4, -0.2) is 46.3 Å². The predicted molar refractivity (Wildman–Crippen MR) is 42.7 cm³/mol. The molecule has 0 radical (unpaired) electrons. The Morgan fingerprint density at radius 1 is 1.17 bits per heavy atom. The summed E-state index contributed by atoms with van der Waals surface area (Å²) < 4.78 is 5.23. The van der Waals surface area contributed by atoms with Crippen LogP contribution in [0.4, 0.5) is 0 Å². The van der Waals surface area contributed by atoms with Crippen molar-refractivity contribution in [3.63, 3.8) is 0 Å². The molecule has 0 aromatic heterocycles. The molecule has 1 fully saturated rings. The highest BCUT2D eigenvalue weighted by Gasteiger charge is 2.41. The zero-order valence-electron chi connectivity index (χ0n) is 7.18. The first-order valence-corrected chi connectivity index (χ1v) is 4.33. The van der Waals surface area contributed by atoms with Gasteiger partial charge in [-0.05, 0) is 6.42 Å². The van der Waals surface area contributed by atoms with E-state index >= 15 is 0 Å². The molecule has 4 heteroatoms. The summed E-state index contributed by atoms with van der Waals surface area (Å²) in [6.45, 7) is 1.74. The van der Waals surface area contributed by atoms with Crippen LogP contribution in [0.15, 0.2) is 0 Å². The Labute approximate surface area is 71.8 Å². The average Bonchev–Trinajstić information content (AvgIpc) is 2.33. The highest BCUT2D eigenvalue weighted by molar-refractivity contribution is 4.89. The summed E-state index contributed by atoms with van der Waals surface area (Å²) in [6, 6.07) is 0. The summed E-state index contributed by atoms with van der Waals surface area (Å²) in [7, 11) is 0. The summed E-state index contributed by atoms with van der Waals surface area (Å²) in [5, 5.41) is 27.5. The molecule has 1 heterocycles. The van der Waals surface area contributed by atoms with Gasteiger partial charge in [-0.1, -0.05) is 13.3 Å². The van der Waals surface area contributed by atoms with Crippen LogP contribution in [0.3, 0.4) is 0 Å². The van der Waals surface area contributed by atoms with Crippen molar-refractivity contribution in [2.24, 2.45) is 0 Å². The highest BCUT2D eigenvalue weighted by Crippen LogP contribution is 2.23. The van der Waals surface area contributed by atoms with Gasteiger partial charge in [-0.25, -0.2) is 0 Å². The molecule has 0 saturated carbocycles. The molecule has 4 atom stereocenters. The third-order valence-corrected chi connectivity index (χ3v) is 2.21. The molecule has 0 aliphatic carbocycles. The highest BCUT2D eigenvalue weighted by atomic mass is 16.6. The minimum atomic E-state index is -0.938. The maximum atomic E-state index is 9.40. The molecule has 3 N–H and O–H groups in total. The minimum Gasteiger partial charge on any atom is -0.394 e. The van der Waals surface area contributed by atoms with Crippen LogP contribution in [0.25, 0.3) is 0 Å². The summed E-state index contributed by atoms with van der Waals surface area (Å²) in [5.74, 6) is 0. The molecule has 1 aliphatic heterocycles. The lowest BCUT2D eigenvalue weighted by atomic mass is 10.1. The van der Waals surface area contributed by atoms with Crippen molar-refractivity contribution in [1.29, 1.82) is 0 Å². The van der Waals surface area contributed by atoms with Crippen LogP contribution in [0, 0.1) is 0 Å². The van der Waals surface area contributed by atoms with Gasteiger partial charge < -0.3 is 20.1 Å². The minimum absolute atomic E-state index is 0.238. The van der Waals surface area contributed by atoms with E-state index in [1.54, 1.807) is 0 Å². The van der Waals surface area contributed by atoms with Crippen LogP contribution in [0.5, 0.6) is 0 Å². The van der Waals surface area contributed by atoms with Crippen LogP contribution >= 0.6 is 0 Å². The molecule has 1 aliphatic rings. The van der Waals surface area contributed by atoms with Crippen LogP contribution in [0.1, 0.15) is 19.8 Å². The fourth-order valence-corrected chi connectivity index (χ4v) is 1.50. The van der Waals surface area contributed by atoms with Gasteiger partial charge in [-0.2, -0.15) is 0 Å². The molecule has 4 nitrogen and oxygen atoms in total. The third kappa shape index (κ3) is 1.77. The van der Waals surface area contributed by atoms with Crippen molar-refractivity contribution in [3.05, 3.63) is 0 Å². The molecule has 0 unspecified atom stereocenters. The molecule has 0 amide bonds. The van der Waals surface area contributed by atoms with Gasteiger partial charge in [-0.3, -0.25) is 0 Å². The number of rotatable bonds is 3. The molecular formula is C8H16O4. The summed E-state index contributed by atoms with van der Waals surface area (Å²) >= 11 is 0. The molecule has 1 rings (SSSR count). The lowest BCUT2D eigenvalue weighted by Crippen LogP contribution is -2.33. The van der Waals surface area contributed by atoms with E-state index in [0.717, 1.165) is 6.42 Å². The Morgan fingerprint density at radius 2 is 1.75 bits per heavy atom. The fourth-order valence-electron chi connectivity index (χ4n) is 1.50. The van der Waals surface area contributed by atoms with E-state index in [1.165, 1.54) is 0 Å². The first kappa shape index (κ1) is 9.92. The monoisotopic (exact) mass is 176 g/mol. The van der Waals surface area contributed by atoms with Crippen molar-refractivity contribution in [3.8, 4) is 0 Å². The predicted octanol–water partition coefficient (Wildman–Crippen LogP) is -0.732. The molecule has 1 saturated heterocycles. The van der Waals surface area contributed by atoms with Gasteiger partial charge in [0.1, 0.15) is 18.3 Å². The van der Waals surface area contributed by atoms with Crippen LogP contribution in [0.2, 0.25) is 0 Å². The number of aliphatic hydroxyl groups is 3. The summed E-state index contributed by atoms with van der Waals surface area (Å²) in [6.07, 6.45) is -1.10. The van der Waals surface area contributed by atoms with E-state index in [0.29, 0.717) is 6.42 Å². The lowest BCUT2D eigenvalue weighted by Gasteiger charge is -2.12. The molecular weight excluding hydrogens is 160 g/mol. The van der Waals surface area contributed by atoms with Gasteiger partial charge in [0.25, 0.3) is 0 Å². The maximum Gasteiger partial charge on any atom is 0.111 e. The van der Waals surface area contributed by atoms with E-state index in [-0.39, 0.29) is 12.7 Å². The van der Waals surface area contributed by atoms with Gasteiger partial charge in [0.15, 0.2) is 0 Å². The quantitative estimate of drug-likeness (QED) is 0.530. The van der Waals surface area contributed by atoms with Crippen molar-refractivity contribution in [2.75, 3.05) is 6.61 Å². The molecule has 0 aromatic rings. The zero-order valence-corrected chi connectivity index (χ0v) is 7.18. The van der Waals surface area contributed by atoms with Gasteiger partial charge in [-0.15, -0.1) is 0 Å². The smallest absolute Gasteiger partial charge is 0.111 e.